The Morgan fingerprint density at radius 1 is 1.00 bits per heavy atom. The summed E-state index contributed by atoms with van der Waals surface area (Å²) in [7, 11) is 0. The molecule has 1 aromatic rings. The van der Waals surface area contributed by atoms with E-state index < -0.39 is 11.4 Å². The zero-order valence-electron chi connectivity index (χ0n) is 13.1. The van der Waals surface area contributed by atoms with Crippen LogP contribution in [0.2, 0.25) is 0 Å². The van der Waals surface area contributed by atoms with Crippen LogP contribution in [0.5, 0.6) is 0 Å². The molecular formula is C18H26O3. The first-order chi connectivity index (χ1) is 10.0. The summed E-state index contributed by atoms with van der Waals surface area (Å²) in [4.78, 5) is 0. The molecule has 1 aliphatic heterocycles. The van der Waals surface area contributed by atoms with Gasteiger partial charge >= 0.3 is 0 Å². The summed E-state index contributed by atoms with van der Waals surface area (Å²) in [6.07, 6.45) is 3.82. The number of rotatable bonds is 3. The standard InChI is InChI=1S/C18H26O3/c1-14(2)16-5-3-15(4-6-16)13-17(19)7-9-18(10-8-17)20-11-12-21-18/h3-6,14,19H,7-13H2,1-2H3. The molecule has 1 aliphatic carbocycles. The highest BCUT2D eigenvalue weighted by molar-refractivity contribution is 5.26. The van der Waals surface area contributed by atoms with Crippen molar-refractivity contribution in [2.45, 2.75) is 63.3 Å². The van der Waals surface area contributed by atoms with E-state index >= 15 is 0 Å². The Hall–Kier alpha value is -0.900. The van der Waals surface area contributed by atoms with Crippen LogP contribution in [-0.2, 0) is 15.9 Å². The lowest BCUT2D eigenvalue weighted by molar-refractivity contribution is -0.202. The Balaban J connectivity index is 1.62. The van der Waals surface area contributed by atoms with Crippen LogP contribution in [0.1, 0.15) is 56.6 Å². The van der Waals surface area contributed by atoms with Crippen molar-refractivity contribution in [3.05, 3.63) is 35.4 Å². The number of ether oxygens (including phenoxy) is 2. The quantitative estimate of drug-likeness (QED) is 0.927. The van der Waals surface area contributed by atoms with Gasteiger partial charge in [0.2, 0.25) is 0 Å². The highest BCUT2D eigenvalue weighted by Crippen LogP contribution is 2.41. The zero-order valence-corrected chi connectivity index (χ0v) is 13.1. The van der Waals surface area contributed by atoms with Gasteiger partial charge in [0.1, 0.15) is 0 Å². The Morgan fingerprint density at radius 3 is 2.10 bits per heavy atom. The van der Waals surface area contributed by atoms with Gasteiger partial charge in [-0.1, -0.05) is 38.1 Å². The van der Waals surface area contributed by atoms with Crippen LogP contribution in [0, 0.1) is 0 Å². The van der Waals surface area contributed by atoms with E-state index in [1.807, 2.05) is 0 Å². The van der Waals surface area contributed by atoms with Crippen molar-refractivity contribution in [2.75, 3.05) is 13.2 Å². The maximum Gasteiger partial charge on any atom is 0.168 e. The summed E-state index contributed by atoms with van der Waals surface area (Å²) in [6, 6.07) is 8.66. The molecule has 0 atom stereocenters. The Labute approximate surface area is 127 Å². The van der Waals surface area contributed by atoms with Gasteiger partial charge in [0, 0.05) is 19.3 Å². The Bertz CT molecular complexity index is 462. The maximum atomic E-state index is 10.8. The molecule has 1 spiro atoms. The fraction of sp³-hybridized carbons (Fsp3) is 0.667. The Morgan fingerprint density at radius 2 is 1.57 bits per heavy atom. The summed E-state index contributed by atoms with van der Waals surface area (Å²) in [5, 5.41) is 10.8. The minimum atomic E-state index is -0.611. The van der Waals surface area contributed by atoms with Gasteiger partial charge in [0.15, 0.2) is 5.79 Å². The van der Waals surface area contributed by atoms with E-state index in [-0.39, 0.29) is 0 Å². The molecule has 1 heterocycles. The van der Waals surface area contributed by atoms with Gasteiger partial charge in [-0.3, -0.25) is 0 Å². The van der Waals surface area contributed by atoms with Gasteiger partial charge in [-0.25, -0.2) is 0 Å². The normalized spacial score (nSPS) is 23.8. The van der Waals surface area contributed by atoms with Gasteiger partial charge < -0.3 is 14.6 Å². The van der Waals surface area contributed by atoms with Gasteiger partial charge in [0.05, 0.1) is 18.8 Å². The van der Waals surface area contributed by atoms with Crippen molar-refractivity contribution in [2.24, 2.45) is 0 Å². The van der Waals surface area contributed by atoms with Gasteiger partial charge in [0.25, 0.3) is 0 Å². The lowest BCUT2D eigenvalue weighted by Crippen LogP contribution is -2.44. The second kappa shape index (κ2) is 5.71. The first kappa shape index (κ1) is 15.0. The molecule has 2 fully saturated rings. The fourth-order valence-corrected chi connectivity index (χ4v) is 3.46. The molecule has 0 radical (unpaired) electrons. The predicted octanol–water partition coefficient (Wildman–Crippen LogP) is 3.40. The fourth-order valence-electron chi connectivity index (χ4n) is 3.46. The smallest absolute Gasteiger partial charge is 0.168 e. The van der Waals surface area contributed by atoms with E-state index in [1.54, 1.807) is 0 Å². The maximum absolute atomic E-state index is 10.8. The van der Waals surface area contributed by atoms with Gasteiger partial charge in [-0.15, -0.1) is 0 Å². The molecule has 3 rings (SSSR count). The van der Waals surface area contributed by atoms with Crippen LogP contribution < -0.4 is 0 Å². The molecule has 0 unspecified atom stereocenters. The molecule has 1 aromatic carbocycles. The number of benzene rings is 1. The largest absolute Gasteiger partial charge is 0.390 e. The molecule has 2 aliphatic rings. The van der Waals surface area contributed by atoms with Crippen LogP contribution in [0.15, 0.2) is 24.3 Å². The van der Waals surface area contributed by atoms with E-state index in [4.69, 9.17) is 9.47 Å². The van der Waals surface area contributed by atoms with E-state index in [0.717, 1.165) is 32.1 Å². The predicted molar refractivity (Wildman–Crippen MR) is 82.3 cm³/mol. The lowest BCUT2D eigenvalue weighted by atomic mass is 9.77. The first-order valence-corrected chi connectivity index (χ1v) is 8.10. The average molecular weight is 290 g/mol. The third-order valence-corrected chi connectivity index (χ3v) is 4.94. The number of hydrogen-bond donors (Lipinski definition) is 1. The van der Waals surface area contributed by atoms with Crippen LogP contribution in [-0.4, -0.2) is 29.7 Å². The molecule has 116 valence electrons. The van der Waals surface area contributed by atoms with E-state index in [9.17, 15) is 5.11 Å². The number of aliphatic hydroxyl groups is 1. The summed E-state index contributed by atoms with van der Waals surface area (Å²) < 4.78 is 11.5. The molecule has 1 saturated carbocycles. The summed E-state index contributed by atoms with van der Waals surface area (Å²) in [6.45, 7) is 5.78. The van der Waals surface area contributed by atoms with Crippen LogP contribution in [0.3, 0.4) is 0 Å². The molecule has 3 nitrogen and oxygen atoms in total. The van der Waals surface area contributed by atoms with Gasteiger partial charge in [-0.05, 0) is 29.9 Å². The van der Waals surface area contributed by atoms with E-state index in [0.29, 0.717) is 19.1 Å². The second-order valence-corrected chi connectivity index (χ2v) is 6.91. The van der Waals surface area contributed by atoms with Gasteiger partial charge in [-0.2, -0.15) is 0 Å². The number of hydrogen-bond acceptors (Lipinski definition) is 3. The van der Waals surface area contributed by atoms with Crippen molar-refractivity contribution in [3.8, 4) is 0 Å². The van der Waals surface area contributed by atoms with Crippen LogP contribution in [0.25, 0.3) is 0 Å². The zero-order chi connectivity index (χ0) is 14.9. The highest BCUT2D eigenvalue weighted by atomic mass is 16.7. The van der Waals surface area contributed by atoms with Crippen molar-refractivity contribution in [1.82, 2.24) is 0 Å². The van der Waals surface area contributed by atoms with Crippen molar-refractivity contribution >= 4 is 0 Å². The third kappa shape index (κ3) is 3.31. The summed E-state index contributed by atoms with van der Waals surface area (Å²) in [5.41, 5.74) is 1.95. The van der Waals surface area contributed by atoms with E-state index in [1.165, 1.54) is 11.1 Å². The molecule has 3 heteroatoms. The van der Waals surface area contributed by atoms with Crippen LogP contribution in [0.4, 0.5) is 0 Å². The molecule has 21 heavy (non-hydrogen) atoms. The topological polar surface area (TPSA) is 38.7 Å². The summed E-state index contributed by atoms with van der Waals surface area (Å²) >= 11 is 0. The van der Waals surface area contributed by atoms with Crippen molar-refractivity contribution in [3.63, 3.8) is 0 Å². The molecule has 1 saturated heterocycles. The SMILES string of the molecule is CC(C)c1ccc(CC2(O)CCC3(CC2)OCCO3)cc1. The Kier molecular flexibility index (Phi) is 4.08. The van der Waals surface area contributed by atoms with Crippen LogP contribution >= 0.6 is 0 Å². The lowest BCUT2D eigenvalue weighted by Gasteiger charge is -2.40. The van der Waals surface area contributed by atoms with Crippen molar-refractivity contribution < 1.29 is 14.6 Å². The minimum absolute atomic E-state index is 0.395. The third-order valence-electron chi connectivity index (χ3n) is 4.94. The monoisotopic (exact) mass is 290 g/mol. The molecular weight excluding hydrogens is 264 g/mol. The van der Waals surface area contributed by atoms with E-state index in [2.05, 4.69) is 38.1 Å². The average Bonchev–Trinajstić information content (AvgIpc) is 2.92. The van der Waals surface area contributed by atoms with Crippen molar-refractivity contribution in [1.29, 1.82) is 0 Å². The molecule has 0 bridgehead atoms. The molecule has 1 N–H and O–H groups in total. The second-order valence-electron chi connectivity index (χ2n) is 6.91. The highest BCUT2D eigenvalue weighted by Gasteiger charge is 2.45. The first-order valence-electron chi connectivity index (χ1n) is 8.10. The summed E-state index contributed by atoms with van der Waals surface area (Å²) in [5.74, 6) is 0.154. The molecule has 0 aromatic heterocycles. The molecule has 0 amide bonds. The minimum Gasteiger partial charge on any atom is -0.390 e.